The number of carbonyl (C=O) groups excluding carboxylic acids is 1. The van der Waals surface area contributed by atoms with Crippen LogP contribution in [-0.4, -0.2) is 33.3 Å². The molecule has 0 aliphatic carbocycles. The van der Waals surface area contributed by atoms with Crippen molar-refractivity contribution in [3.8, 4) is 17.2 Å². The fourth-order valence-electron chi connectivity index (χ4n) is 2.69. The van der Waals surface area contributed by atoms with Crippen LogP contribution < -0.4 is 19.5 Å². The van der Waals surface area contributed by atoms with Gasteiger partial charge in [0, 0.05) is 10.9 Å². The van der Waals surface area contributed by atoms with Gasteiger partial charge in [-0.05, 0) is 37.3 Å². The molecule has 3 aromatic rings. The van der Waals surface area contributed by atoms with Crippen LogP contribution in [0, 0.1) is 6.92 Å². The van der Waals surface area contributed by atoms with E-state index in [4.69, 9.17) is 18.6 Å². The molecule has 2 aromatic carbocycles. The van der Waals surface area contributed by atoms with Crippen LogP contribution in [0.1, 0.15) is 16.1 Å². The van der Waals surface area contributed by atoms with Crippen molar-refractivity contribution in [3.05, 3.63) is 53.8 Å². The summed E-state index contributed by atoms with van der Waals surface area (Å²) >= 11 is 0. The van der Waals surface area contributed by atoms with E-state index in [1.54, 1.807) is 26.4 Å². The van der Waals surface area contributed by atoms with Crippen LogP contribution in [0.3, 0.4) is 0 Å². The summed E-state index contributed by atoms with van der Waals surface area (Å²) in [4.78, 5) is 12.4. The number of furan rings is 1. The van der Waals surface area contributed by atoms with Crippen LogP contribution in [0.15, 0.2) is 46.9 Å². The van der Waals surface area contributed by atoms with Crippen molar-refractivity contribution in [3.63, 3.8) is 0 Å². The molecule has 1 heterocycles. The fraction of sp³-hybridized carbons (Fsp3) is 0.250. The number of hydrogen-bond acceptors (Lipinski definition) is 5. The van der Waals surface area contributed by atoms with Crippen molar-refractivity contribution in [2.75, 3.05) is 27.4 Å². The second kappa shape index (κ2) is 7.82. The molecule has 0 saturated heterocycles. The van der Waals surface area contributed by atoms with Gasteiger partial charge in [-0.1, -0.05) is 12.1 Å². The van der Waals surface area contributed by atoms with Crippen molar-refractivity contribution in [1.82, 2.24) is 5.32 Å². The molecule has 0 bridgehead atoms. The molecule has 6 nitrogen and oxygen atoms in total. The van der Waals surface area contributed by atoms with E-state index in [1.807, 2.05) is 37.3 Å². The van der Waals surface area contributed by atoms with Gasteiger partial charge < -0.3 is 23.9 Å². The molecule has 1 amide bonds. The third kappa shape index (κ3) is 3.59. The van der Waals surface area contributed by atoms with Crippen molar-refractivity contribution in [2.24, 2.45) is 0 Å². The molecule has 0 atom stereocenters. The molecular formula is C20H21NO5. The number of para-hydroxylation sites is 2. The van der Waals surface area contributed by atoms with E-state index in [0.717, 1.165) is 16.7 Å². The minimum Gasteiger partial charge on any atom is -0.497 e. The minimum absolute atomic E-state index is 0.277. The van der Waals surface area contributed by atoms with Gasteiger partial charge in [0.2, 0.25) is 0 Å². The highest BCUT2D eigenvalue weighted by atomic mass is 16.5. The Kier molecular flexibility index (Phi) is 5.31. The quantitative estimate of drug-likeness (QED) is 0.656. The number of methoxy groups -OCH3 is 2. The van der Waals surface area contributed by atoms with E-state index in [9.17, 15) is 4.79 Å². The lowest BCUT2D eigenvalue weighted by Gasteiger charge is -2.10. The second-order valence-corrected chi connectivity index (χ2v) is 5.67. The van der Waals surface area contributed by atoms with Crippen LogP contribution in [-0.2, 0) is 0 Å². The van der Waals surface area contributed by atoms with Gasteiger partial charge in [0.05, 0.1) is 20.8 Å². The number of benzene rings is 2. The molecule has 0 aliphatic rings. The van der Waals surface area contributed by atoms with Crippen molar-refractivity contribution < 1.29 is 23.4 Å². The Hall–Kier alpha value is -3.15. The van der Waals surface area contributed by atoms with Gasteiger partial charge in [0.15, 0.2) is 17.3 Å². The molecule has 0 spiro atoms. The lowest BCUT2D eigenvalue weighted by atomic mass is 10.1. The average molecular weight is 355 g/mol. The van der Waals surface area contributed by atoms with Crippen LogP contribution in [0.4, 0.5) is 0 Å². The Morgan fingerprint density at radius 3 is 2.58 bits per heavy atom. The first-order chi connectivity index (χ1) is 12.6. The molecule has 0 radical (unpaired) electrons. The van der Waals surface area contributed by atoms with Crippen LogP contribution in [0.2, 0.25) is 0 Å². The maximum Gasteiger partial charge on any atom is 0.287 e. The maximum atomic E-state index is 12.4. The summed E-state index contributed by atoms with van der Waals surface area (Å²) in [5.41, 5.74) is 1.43. The SMILES string of the molecule is COc1ccc2oc(C(=O)NCCOc3ccccc3OC)c(C)c2c1. The smallest absolute Gasteiger partial charge is 0.287 e. The average Bonchev–Trinajstić information content (AvgIpc) is 3.01. The number of ether oxygens (including phenoxy) is 3. The highest BCUT2D eigenvalue weighted by molar-refractivity contribution is 5.99. The summed E-state index contributed by atoms with van der Waals surface area (Å²) < 4.78 is 21.8. The second-order valence-electron chi connectivity index (χ2n) is 5.67. The van der Waals surface area contributed by atoms with Crippen molar-refractivity contribution >= 4 is 16.9 Å². The van der Waals surface area contributed by atoms with E-state index in [1.165, 1.54) is 0 Å². The molecule has 1 N–H and O–H groups in total. The number of carbonyl (C=O) groups is 1. The third-order valence-electron chi connectivity index (χ3n) is 4.06. The topological polar surface area (TPSA) is 69.9 Å². The van der Waals surface area contributed by atoms with Gasteiger partial charge in [-0.15, -0.1) is 0 Å². The molecule has 1 aromatic heterocycles. The summed E-state index contributed by atoms with van der Waals surface area (Å²) in [7, 11) is 3.19. The molecular weight excluding hydrogens is 334 g/mol. The predicted molar refractivity (Wildman–Crippen MR) is 98.3 cm³/mol. The van der Waals surface area contributed by atoms with E-state index >= 15 is 0 Å². The lowest BCUT2D eigenvalue weighted by Crippen LogP contribution is -2.28. The first-order valence-electron chi connectivity index (χ1n) is 8.25. The molecule has 136 valence electrons. The standard InChI is InChI=1S/C20H21NO5/c1-13-15-12-14(23-2)8-9-16(15)26-19(13)20(22)21-10-11-25-18-7-5-4-6-17(18)24-3/h4-9,12H,10-11H2,1-3H3,(H,21,22). The third-order valence-corrected chi connectivity index (χ3v) is 4.06. The highest BCUT2D eigenvalue weighted by Gasteiger charge is 2.17. The zero-order valence-electron chi connectivity index (χ0n) is 15.0. The number of nitrogens with one attached hydrogen (secondary N) is 1. The highest BCUT2D eigenvalue weighted by Crippen LogP contribution is 2.29. The van der Waals surface area contributed by atoms with E-state index in [-0.39, 0.29) is 5.91 Å². The number of rotatable bonds is 7. The summed E-state index contributed by atoms with van der Waals surface area (Å²) in [6.07, 6.45) is 0. The number of hydrogen-bond donors (Lipinski definition) is 1. The minimum atomic E-state index is -0.277. The van der Waals surface area contributed by atoms with Crippen molar-refractivity contribution in [1.29, 1.82) is 0 Å². The van der Waals surface area contributed by atoms with Gasteiger partial charge in [0.1, 0.15) is 17.9 Å². The monoisotopic (exact) mass is 355 g/mol. The zero-order chi connectivity index (χ0) is 18.5. The molecule has 26 heavy (non-hydrogen) atoms. The summed E-state index contributed by atoms with van der Waals surface area (Å²) in [5, 5.41) is 3.67. The summed E-state index contributed by atoms with van der Waals surface area (Å²) in [6.45, 7) is 2.52. The van der Waals surface area contributed by atoms with Gasteiger partial charge >= 0.3 is 0 Å². The van der Waals surface area contributed by atoms with E-state index in [2.05, 4.69) is 5.32 Å². The predicted octanol–water partition coefficient (Wildman–Crippen LogP) is 3.57. The molecule has 0 fully saturated rings. The Bertz CT molecular complexity index is 916. The number of fused-ring (bicyclic) bond motifs is 1. The van der Waals surface area contributed by atoms with Gasteiger partial charge in [0.25, 0.3) is 5.91 Å². The van der Waals surface area contributed by atoms with Gasteiger partial charge in [-0.25, -0.2) is 0 Å². The van der Waals surface area contributed by atoms with Crippen LogP contribution in [0.25, 0.3) is 11.0 Å². The van der Waals surface area contributed by atoms with Gasteiger partial charge in [-0.3, -0.25) is 4.79 Å². The Morgan fingerprint density at radius 2 is 1.85 bits per heavy atom. The summed E-state index contributed by atoms with van der Waals surface area (Å²) in [5.74, 6) is 2.03. The Morgan fingerprint density at radius 1 is 1.08 bits per heavy atom. The largest absolute Gasteiger partial charge is 0.497 e. The lowest BCUT2D eigenvalue weighted by molar-refractivity contribution is 0.0920. The Balaban J connectivity index is 1.62. The molecule has 3 rings (SSSR count). The molecule has 6 heteroatoms. The summed E-state index contributed by atoms with van der Waals surface area (Å²) in [6, 6.07) is 12.8. The van der Waals surface area contributed by atoms with E-state index < -0.39 is 0 Å². The van der Waals surface area contributed by atoms with Gasteiger partial charge in [-0.2, -0.15) is 0 Å². The van der Waals surface area contributed by atoms with Crippen molar-refractivity contribution in [2.45, 2.75) is 6.92 Å². The van der Waals surface area contributed by atoms with Crippen LogP contribution in [0.5, 0.6) is 17.2 Å². The Labute approximate surface area is 151 Å². The number of aryl methyl sites for hydroxylation is 1. The molecule has 0 aliphatic heterocycles. The molecule has 0 saturated carbocycles. The van der Waals surface area contributed by atoms with E-state index in [0.29, 0.717) is 36.0 Å². The fourth-order valence-corrected chi connectivity index (χ4v) is 2.69. The zero-order valence-corrected chi connectivity index (χ0v) is 15.0. The number of amides is 1. The first kappa shape index (κ1) is 17.7. The first-order valence-corrected chi connectivity index (χ1v) is 8.25. The maximum absolute atomic E-state index is 12.4. The molecule has 0 unspecified atom stereocenters. The van der Waals surface area contributed by atoms with Crippen LogP contribution >= 0.6 is 0 Å². The normalized spacial score (nSPS) is 10.6.